The standard InChI is InChI=1S/C23H29NO4/c1-22(2,3)15-9-7-14(8-10-15)16-11-19-17(12-18(16)26-6)20(28-21(24)25)23(4,5)13-27-19/h7-12,20H,13H2,1-6H3,(H2,24,25). The summed E-state index contributed by atoms with van der Waals surface area (Å²) >= 11 is 0. The number of rotatable bonds is 3. The third-order valence-electron chi connectivity index (χ3n) is 5.22. The Hall–Kier alpha value is -2.69. The molecule has 150 valence electrons. The molecule has 2 aromatic rings. The first-order chi connectivity index (χ1) is 13.0. The molecule has 5 nitrogen and oxygen atoms in total. The van der Waals surface area contributed by atoms with Gasteiger partial charge in [0.05, 0.1) is 13.7 Å². The van der Waals surface area contributed by atoms with Crippen LogP contribution in [0.25, 0.3) is 11.1 Å². The van der Waals surface area contributed by atoms with Crippen molar-refractivity contribution in [1.29, 1.82) is 0 Å². The molecule has 3 rings (SSSR count). The molecule has 0 spiro atoms. The van der Waals surface area contributed by atoms with Crippen LogP contribution < -0.4 is 15.2 Å². The molecule has 0 radical (unpaired) electrons. The minimum absolute atomic E-state index is 0.0898. The van der Waals surface area contributed by atoms with E-state index >= 15 is 0 Å². The van der Waals surface area contributed by atoms with Crippen molar-refractivity contribution in [3.63, 3.8) is 0 Å². The summed E-state index contributed by atoms with van der Waals surface area (Å²) in [7, 11) is 1.63. The molecule has 0 aromatic heterocycles. The number of ether oxygens (including phenoxy) is 3. The van der Waals surface area contributed by atoms with Gasteiger partial charge < -0.3 is 19.9 Å². The minimum atomic E-state index is -0.799. The monoisotopic (exact) mass is 383 g/mol. The van der Waals surface area contributed by atoms with Gasteiger partial charge in [-0.25, -0.2) is 4.79 Å². The Morgan fingerprint density at radius 3 is 2.36 bits per heavy atom. The van der Waals surface area contributed by atoms with Crippen LogP contribution in [0.5, 0.6) is 11.5 Å². The highest BCUT2D eigenvalue weighted by Gasteiger charge is 2.41. The number of nitrogens with two attached hydrogens (primary N) is 1. The molecule has 1 amide bonds. The van der Waals surface area contributed by atoms with Crippen LogP contribution in [-0.2, 0) is 10.2 Å². The van der Waals surface area contributed by atoms with E-state index in [0.29, 0.717) is 18.1 Å². The van der Waals surface area contributed by atoms with Crippen LogP contribution in [0.15, 0.2) is 36.4 Å². The van der Waals surface area contributed by atoms with Crippen LogP contribution in [0, 0.1) is 5.41 Å². The smallest absolute Gasteiger partial charge is 0.405 e. The number of primary amides is 1. The predicted octanol–water partition coefficient (Wildman–Crippen LogP) is 5.21. The Morgan fingerprint density at radius 1 is 1.18 bits per heavy atom. The molecular weight excluding hydrogens is 354 g/mol. The number of methoxy groups -OCH3 is 1. The Balaban J connectivity index is 2.08. The van der Waals surface area contributed by atoms with Crippen LogP contribution in [0.3, 0.4) is 0 Å². The fourth-order valence-electron chi connectivity index (χ4n) is 3.55. The van der Waals surface area contributed by atoms with Crippen molar-refractivity contribution in [2.75, 3.05) is 13.7 Å². The third-order valence-corrected chi connectivity index (χ3v) is 5.22. The van der Waals surface area contributed by atoms with Crippen LogP contribution >= 0.6 is 0 Å². The highest BCUT2D eigenvalue weighted by molar-refractivity contribution is 5.74. The average Bonchev–Trinajstić information content (AvgIpc) is 2.62. The number of hydrogen-bond donors (Lipinski definition) is 1. The fourth-order valence-corrected chi connectivity index (χ4v) is 3.55. The summed E-state index contributed by atoms with van der Waals surface area (Å²) in [6.45, 7) is 11.0. The molecule has 0 saturated carbocycles. The SMILES string of the molecule is COc1cc2c(cc1-c1ccc(C(C)(C)C)cc1)OCC(C)(C)C2OC(N)=O. The second-order valence-corrected chi connectivity index (χ2v) is 9.01. The summed E-state index contributed by atoms with van der Waals surface area (Å²) in [6.07, 6.45) is -1.30. The predicted molar refractivity (Wildman–Crippen MR) is 110 cm³/mol. The molecule has 0 fully saturated rings. The van der Waals surface area contributed by atoms with Gasteiger partial charge in [0.2, 0.25) is 0 Å². The van der Waals surface area contributed by atoms with Crippen molar-refractivity contribution in [3.05, 3.63) is 47.5 Å². The van der Waals surface area contributed by atoms with Gasteiger partial charge in [0, 0.05) is 16.5 Å². The highest BCUT2D eigenvalue weighted by atomic mass is 16.6. The average molecular weight is 383 g/mol. The summed E-state index contributed by atoms with van der Waals surface area (Å²) in [5, 5.41) is 0. The first-order valence-electron chi connectivity index (χ1n) is 9.44. The van der Waals surface area contributed by atoms with E-state index in [2.05, 4.69) is 45.0 Å². The lowest BCUT2D eigenvalue weighted by molar-refractivity contribution is -0.0177. The van der Waals surface area contributed by atoms with Crippen LogP contribution in [-0.4, -0.2) is 19.8 Å². The number of hydrogen-bond acceptors (Lipinski definition) is 4. The molecule has 0 aliphatic carbocycles. The second-order valence-electron chi connectivity index (χ2n) is 9.01. The molecule has 2 aromatic carbocycles. The molecule has 0 saturated heterocycles. The Morgan fingerprint density at radius 2 is 1.82 bits per heavy atom. The van der Waals surface area contributed by atoms with E-state index in [1.54, 1.807) is 7.11 Å². The van der Waals surface area contributed by atoms with Gasteiger partial charge in [0.1, 0.15) is 17.6 Å². The van der Waals surface area contributed by atoms with Crippen LogP contribution in [0.4, 0.5) is 4.79 Å². The quantitative estimate of drug-likeness (QED) is 0.789. The van der Waals surface area contributed by atoms with Gasteiger partial charge in [0.15, 0.2) is 0 Å². The zero-order valence-electron chi connectivity index (χ0n) is 17.5. The Labute approximate surface area is 166 Å². The molecule has 2 N–H and O–H groups in total. The van der Waals surface area contributed by atoms with Crippen molar-refractivity contribution in [1.82, 2.24) is 0 Å². The lowest BCUT2D eigenvalue weighted by Gasteiger charge is -2.38. The van der Waals surface area contributed by atoms with Crippen molar-refractivity contribution in [2.24, 2.45) is 11.1 Å². The summed E-state index contributed by atoms with van der Waals surface area (Å²) < 4.78 is 17.1. The maximum absolute atomic E-state index is 11.4. The lowest BCUT2D eigenvalue weighted by Crippen LogP contribution is -2.37. The van der Waals surface area contributed by atoms with Crippen molar-refractivity contribution in [2.45, 2.75) is 46.1 Å². The highest BCUT2D eigenvalue weighted by Crippen LogP contribution is 2.48. The molecule has 1 aliphatic heterocycles. The molecule has 1 aliphatic rings. The van der Waals surface area contributed by atoms with Gasteiger partial charge in [-0.2, -0.15) is 0 Å². The van der Waals surface area contributed by atoms with E-state index in [0.717, 1.165) is 16.7 Å². The number of carbonyl (C=O) groups is 1. The number of fused-ring (bicyclic) bond motifs is 1. The van der Waals surface area contributed by atoms with Crippen molar-refractivity contribution >= 4 is 6.09 Å². The first-order valence-corrected chi connectivity index (χ1v) is 9.44. The number of amides is 1. The maximum atomic E-state index is 11.4. The molecule has 1 heterocycles. The van der Waals surface area contributed by atoms with Crippen molar-refractivity contribution < 1.29 is 19.0 Å². The topological polar surface area (TPSA) is 70.8 Å². The normalized spacial score (nSPS) is 18.0. The first kappa shape index (κ1) is 20.1. The van der Waals surface area contributed by atoms with Gasteiger partial charge in [-0.3, -0.25) is 0 Å². The Bertz CT molecular complexity index is 879. The molecular formula is C23H29NO4. The minimum Gasteiger partial charge on any atom is -0.496 e. The molecule has 1 unspecified atom stereocenters. The molecule has 1 atom stereocenters. The van der Waals surface area contributed by atoms with Crippen LogP contribution in [0.1, 0.15) is 51.8 Å². The zero-order valence-corrected chi connectivity index (χ0v) is 17.5. The third kappa shape index (κ3) is 3.79. The summed E-state index contributed by atoms with van der Waals surface area (Å²) in [5.74, 6) is 1.38. The van der Waals surface area contributed by atoms with E-state index in [1.807, 2.05) is 26.0 Å². The Kier molecular flexibility index (Phi) is 5.04. The van der Waals surface area contributed by atoms with Crippen LogP contribution in [0.2, 0.25) is 0 Å². The van der Waals surface area contributed by atoms with E-state index in [9.17, 15) is 4.79 Å². The van der Waals surface area contributed by atoms with Gasteiger partial charge in [0.25, 0.3) is 0 Å². The number of carbonyl (C=O) groups excluding carboxylic acids is 1. The van der Waals surface area contributed by atoms with Gasteiger partial charge in [-0.15, -0.1) is 0 Å². The molecule has 28 heavy (non-hydrogen) atoms. The van der Waals surface area contributed by atoms with E-state index in [1.165, 1.54) is 5.56 Å². The largest absolute Gasteiger partial charge is 0.496 e. The van der Waals surface area contributed by atoms with E-state index in [-0.39, 0.29) is 5.41 Å². The van der Waals surface area contributed by atoms with Crippen molar-refractivity contribution in [3.8, 4) is 22.6 Å². The summed E-state index contributed by atoms with van der Waals surface area (Å²) in [6, 6.07) is 12.3. The zero-order chi connectivity index (χ0) is 20.7. The summed E-state index contributed by atoms with van der Waals surface area (Å²) in [5.41, 5.74) is 8.99. The fraction of sp³-hybridized carbons (Fsp3) is 0.435. The van der Waals surface area contributed by atoms with E-state index < -0.39 is 17.6 Å². The lowest BCUT2D eigenvalue weighted by atomic mass is 9.80. The number of benzene rings is 2. The van der Waals surface area contributed by atoms with Gasteiger partial charge in [-0.1, -0.05) is 58.9 Å². The maximum Gasteiger partial charge on any atom is 0.405 e. The van der Waals surface area contributed by atoms with E-state index in [4.69, 9.17) is 19.9 Å². The molecule has 0 bridgehead atoms. The second kappa shape index (κ2) is 7.04. The molecule has 5 heteroatoms. The van der Waals surface area contributed by atoms with Gasteiger partial charge in [-0.05, 0) is 28.7 Å². The van der Waals surface area contributed by atoms with Gasteiger partial charge >= 0.3 is 6.09 Å². The summed E-state index contributed by atoms with van der Waals surface area (Å²) in [4.78, 5) is 11.4.